The van der Waals surface area contributed by atoms with Crippen LogP contribution in [0.4, 0.5) is 4.39 Å². The van der Waals surface area contributed by atoms with Crippen LogP contribution < -0.4 is 10.3 Å². The van der Waals surface area contributed by atoms with Crippen LogP contribution in [0.15, 0.2) is 77.6 Å². The molecule has 0 bridgehead atoms. The van der Waals surface area contributed by atoms with Gasteiger partial charge in [0.1, 0.15) is 24.3 Å². The van der Waals surface area contributed by atoms with Crippen molar-refractivity contribution in [2.45, 2.75) is 12.6 Å². The normalized spacial score (nSPS) is 12.1. The molecule has 1 atom stereocenters. The van der Waals surface area contributed by atoms with E-state index in [1.807, 2.05) is 6.07 Å². The van der Waals surface area contributed by atoms with Crippen molar-refractivity contribution in [3.63, 3.8) is 0 Å². The topological polar surface area (TPSA) is 64.4 Å². The summed E-state index contributed by atoms with van der Waals surface area (Å²) in [4.78, 5) is 12.9. The van der Waals surface area contributed by atoms with Crippen LogP contribution in [0, 0.1) is 5.82 Å². The monoisotopic (exact) mass is 424 g/mol. The Kier molecular flexibility index (Phi) is 5.79. The lowest BCUT2D eigenvalue weighted by atomic mass is 10.1. The Hall–Kier alpha value is -3.22. The van der Waals surface area contributed by atoms with Crippen molar-refractivity contribution in [2.75, 3.05) is 6.61 Å². The number of hydrogen-bond donors (Lipinski definition) is 1. The number of aliphatic hydroxyl groups is 1. The van der Waals surface area contributed by atoms with Gasteiger partial charge in [-0.3, -0.25) is 4.79 Å². The first kappa shape index (κ1) is 20.1. The molecule has 0 aliphatic rings. The summed E-state index contributed by atoms with van der Waals surface area (Å²) in [5.74, 6) is 0.204. The molecule has 4 rings (SSSR count). The second-order valence-electron chi connectivity index (χ2n) is 6.81. The second kappa shape index (κ2) is 8.65. The first-order valence-corrected chi connectivity index (χ1v) is 9.71. The molecule has 1 N–H and O–H groups in total. The number of rotatable bonds is 6. The van der Waals surface area contributed by atoms with Gasteiger partial charge in [0, 0.05) is 16.0 Å². The van der Waals surface area contributed by atoms with E-state index >= 15 is 0 Å². The fourth-order valence-electron chi connectivity index (χ4n) is 3.16. The van der Waals surface area contributed by atoms with Crippen molar-refractivity contribution < 1.29 is 14.2 Å². The highest BCUT2D eigenvalue weighted by Gasteiger charge is 2.15. The highest BCUT2D eigenvalue weighted by atomic mass is 35.5. The lowest BCUT2D eigenvalue weighted by Gasteiger charge is -2.15. The molecule has 4 aromatic rings. The molecule has 152 valence electrons. The molecule has 1 unspecified atom stereocenters. The average Bonchev–Trinajstić information content (AvgIpc) is 2.76. The Morgan fingerprint density at radius 3 is 2.37 bits per heavy atom. The molecule has 7 heteroatoms. The minimum atomic E-state index is -0.965. The van der Waals surface area contributed by atoms with E-state index < -0.39 is 6.10 Å². The molecule has 0 spiro atoms. The average molecular weight is 425 g/mol. The van der Waals surface area contributed by atoms with Gasteiger partial charge in [0.05, 0.1) is 17.6 Å². The zero-order valence-electron chi connectivity index (χ0n) is 15.8. The molecule has 0 amide bonds. The molecule has 0 aliphatic carbocycles. The number of hydrogen-bond acceptors (Lipinski definition) is 4. The number of aromatic nitrogens is 2. The van der Waals surface area contributed by atoms with Crippen molar-refractivity contribution in [1.82, 2.24) is 9.78 Å². The molecule has 0 saturated carbocycles. The van der Waals surface area contributed by atoms with Gasteiger partial charge < -0.3 is 9.84 Å². The van der Waals surface area contributed by atoms with Gasteiger partial charge in [0.15, 0.2) is 0 Å². The Balaban J connectivity index is 1.63. The number of fused-ring (bicyclic) bond motifs is 1. The van der Waals surface area contributed by atoms with Gasteiger partial charge in [-0.2, -0.15) is 5.10 Å². The van der Waals surface area contributed by atoms with Crippen LogP contribution in [0.3, 0.4) is 0 Å². The molecule has 30 heavy (non-hydrogen) atoms. The molecule has 0 aliphatic heterocycles. The van der Waals surface area contributed by atoms with Crippen LogP contribution in [0.2, 0.25) is 5.02 Å². The van der Waals surface area contributed by atoms with Gasteiger partial charge in [-0.25, -0.2) is 9.07 Å². The maximum atomic E-state index is 13.3. The molecular weight excluding hydrogens is 407 g/mol. The first-order valence-electron chi connectivity index (χ1n) is 9.33. The fraction of sp³-hybridized carbons (Fsp3) is 0.130. The summed E-state index contributed by atoms with van der Waals surface area (Å²) < 4.78 is 20.1. The highest BCUT2D eigenvalue weighted by Crippen LogP contribution is 2.25. The predicted octanol–water partition coefficient (Wildman–Crippen LogP) is 4.30. The summed E-state index contributed by atoms with van der Waals surface area (Å²) in [5, 5.41) is 16.6. The van der Waals surface area contributed by atoms with Gasteiger partial charge in [-0.05, 0) is 54.6 Å². The van der Waals surface area contributed by atoms with Crippen LogP contribution in [-0.4, -0.2) is 27.6 Å². The van der Waals surface area contributed by atoms with E-state index in [9.17, 15) is 14.3 Å². The lowest BCUT2D eigenvalue weighted by molar-refractivity contribution is 0.0882. The predicted molar refractivity (Wildman–Crippen MR) is 114 cm³/mol. The van der Waals surface area contributed by atoms with Crippen LogP contribution >= 0.6 is 11.6 Å². The van der Waals surface area contributed by atoms with Gasteiger partial charge in [-0.1, -0.05) is 29.8 Å². The van der Waals surface area contributed by atoms with Crippen molar-refractivity contribution >= 4 is 22.4 Å². The number of halogens is 2. The summed E-state index contributed by atoms with van der Waals surface area (Å²) in [6.07, 6.45) is -0.965. The summed E-state index contributed by atoms with van der Waals surface area (Å²) in [6, 6.07) is 19.8. The third kappa shape index (κ3) is 4.35. The summed E-state index contributed by atoms with van der Waals surface area (Å²) in [6.45, 7) is -0.0695. The number of aliphatic hydroxyl groups excluding tert-OH is 1. The SMILES string of the molecule is O=c1c2ccccc2c(-c2ccc(F)cc2)nn1CC(O)COc1ccc(Cl)cc1. The lowest BCUT2D eigenvalue weighted by Crippen LogP contribution is -2.32. The second-order valence-corrected chi connectivity index (χ2v) is 7.24. The van der Waals surface area contributed by atoms with E-state index in [4.69, 9.17) is 16.3 Å². The Morgan fingerprint density at radius 2 is 1.67 bits per heavy atom. The van der Waals surface area contributed by atoms with E-state index in [1.54, 1.807) is 54.6 Å². The van der Waals surface area contributed by atoms with Crippen LogP contribution in [0.25, 0.3) is 22.0 Å². The molecular formula is C23H18ClFN2O3. The maximum absolute atomic E-state index is 13.3. The van der Waals surface area contributed by atoms with Crippen LogP contribution in [0.5, 0.6) is 5.75 Å². The zero-order valence-corrected chi connectivity index (χ0v) is 16.6. The molecule has 1 heterocycles. The van der Waals surface area contributed by atoms with Gasteiger partial charge in [0.25, 0.3) is 5.56 Å². The molecule has 3 aromatic carbocycles. The van der Waals surface area contributed by atoms with Gasteiger partial charge in [-0.15, -0.1) is 0 Å². The number of ether oxygens (including phenoxy) is 1. The molecule has 1 aromatic heterocycles. The van der Waals surface area contributed by atoms with Gasteiger partial charge in [0.2, 0.25) is 0 Å². The minimum Gasteiger partial charge on any atom is -0.491 e. The zero-order chi connectivity index (χ0) is 21.1. The summed E-state index contributed by atoms with van der Waals surface area (Å²) in [7, 11) is 0. The number of nitrogens with zero attached hydrogens (tertiary/aromatic N) is 2. The third-order valence-corrected chi connectivity index (χ3v) is 4.88. The van der Waals surface area contributed by atoms with Crippen LogP contribution in [0.1, 0.15) is 0 Å². The van der Waals surface area contributed by atoms with Crippen molar-refractivity contribution in [2.24, 2.45) is 0 Å². The fourth-order valence-corrected chi connectivity index (χ4v) is 3.28. The molecule has 5 nitrogen and oxygen atoms in total. The van der Waals surface area contributed by atoms with Gasteiger partial charge >= 0.3 is 0 Å². The molecule has 0 saturated heterocycles. The van der Waals surface area contributed by atoms with E-state index in [0.29, 0.717) is 32.8 Å². The maximum Gasteiger partial charge on any atom is 0.274 e. The van der Waals surface area contributed by atoms with E-state index in [-0.39, 0.29) is 24.5 Å². The van der Waals surface area contributed by atoms with Crippen LogP contribution in [-0.2, 0) is 6.54 Å². The Labute approximate surface area is 176 Å². The Morgan fingerprint density at radius 1 is 1.00 bits per heavy atom. The minimum absolute atomic E-state index is 0.0194. The molecule has 0 fully saturated rings. The highest BCUT2D eigenvalue weighted by molar-refractivity contribution is 6.30. The van der Waals surface area contributed by atoms with Crippen molar-refractivity contribution in [1.29, 1.82) is 0 Å². The summed E-state index contributed by atoms with van der Waals surface area (Å²) >= 11 is 5.85. The first-order chi connectivity index (χ1) is 14.5. The van der Waals surface area contributed by atoms with E-state index in [1.165, 1.54) is 16.8 Å². The number of benzene rings is 3. The Bertz CT molecular complexity index is 1220. The van der Waals surface area contributed by atoms with E-state index in [0.717, 1.165) is 0 Å². The smallest absolute Gasteiger partial charge is 0.274 e. The van der Waals surface area contributed by atoms with Crippen molar-refractivity contribution in [3.8, 4) is 17.0 Å². The van der Waals surface area contributed by atoms with Crippen molar-refractivity contribution in [3.05, 3.63) is 94.0 Å². The summed E-state index contributed by atoms with van der Waals surface area (Å²) in [5.41, 5.74) is 0.895. The largest absolute Gasteiger partial charge is 0.491 e. The van der Waals surface area contributed by atoms with E-state index in [2.05, 4.69) is 5.10 Å². The molecule has 0 radical (unpaired) electrons. The standard InChI is InChI=1S/C23H18ClFN2O3/c24-16-7-11-19(12-8-16)30-14-18(28)13-27-23(29)21-4-2-1-3-20(21)22(26-27)15-5-9-17(25)10-6-15/h1-12,18,28H,13-14H2. The quantitative estimate of drug-likeness (QED) is 0.501. The third-order valence-electron chi connectivity index (χ3n) is 4.63.